The van der Waals surface area contributed by atoms with E-state index >= 15 is 0 Å². The molecule has 0 saturated carbocycles. The topological polar surface area (TPSA) is 55.1 Å². The van der Waals surface area contributed by atoms with Gasteiger partial charge < -0.3 is 11.1 Å². The van der Waals surface area contributed by atoms with E-state index in [1.807, 2.05) is 13.0 Å². The number of unbranched alkanes of at least 4 members (excludes halogenated alkanes) is 1. The van der Waals surface area contributed by atoms with Crippen molar-refractivity contribution in [3.63, 3.8) is 0 Å². The second-order valence-corrected chi connectivity index (χ2v) is 5.58. The lowest BCUT2D eigenvalue weighted by Crippen LogP contribution is -2.35. The number of hydrogen-bond acceptors (Lipinski definition) is 2. The van der Waals surface area contributed by atoms with Gasteiger partial charge in [-0.2, -0.15) is 0 Å². The van der Waals surface area contributed by atoms with Crippen molar-refractivity contribution in [1.29, 1.82) is 0 Å². The highest BCUT2D eigenvalue weighted by Gasteiger charge is 2.14. The molecular weight excluding hydrogens is 316 g/mol. The van der Waals surface area contributed by atoms with Crippen LogP contribution in [0.15, 0.2) is 16.6 Å². The standard InChI is InChI=1S/C13H18BrClN2O/c1-3-4-5-11(16)13(18)17-12-7-10(15)8(2)6-9(12)14/h6-7,11H,3-5,16H2,1-2H3,(H,17,18)/t11-/m0/s1. The van der Waals surface area contributed by atoms with Crippen molar-refractivity contribution < 1.29 is 4.79 Å². The number of hydrogen-bond donors (Lipinski definition) is 2. The lowest BCUT2D eigenvalue weighted by molar-refractivity contribution is -0.117. The molecule has 1 amide bonds. The molecule has 0 fully saturated rings. The van der Waals surface area contributed by atoms with Crippen LogP contribution in [-0.4, -0.2) is 11.9 Å². The summed E-state index contributed by atoms with van der Waals surface area (Å²) in [4.78, 5) is 11.9. The fraction of sp³-hybridized carbons (Fsp3) is 0.462. The zero-order valence-corrected chi connectivity index (χ0v) is 12.9. The number of carbonyl (C=O) groups is 1. The number of aryl methyl sites for hydroxylation is 1. The molecular formula is C13H18BrClN2O. The SMILES string of the molecule is CCCC[C@H](N)C(=O)Nc1cc(Cl)c(C)cc1Br. The van der Waals surface area contributed by atoms with Crippen LogP contribution < -0.4 is 11.1 Å². The van der Waals surface area contributed by atoms with Crippen molar-refractivity contribution in [3.05, 3.63) is 27.2 Å². The van der Waals surface area contributed by atoms with Gasteiger partial charge in [0, 0.05) is 9.50 Å². The van der Waals surface area contributed by atoms with E-state index in [1.54, 1.807) is 6.07 Å². The largest absolute Gasteiger partial charge is 0.324 e. The first-order valence-corrected chi connectivity index (χ1v) is 7.15. The van der Waals surface area contributed by atoms with Crippen molar-refractivity contribution in [2.45, 2.75) is 39.2 Å². The van der Waals surface area contributed by atoms with Crippen LogP contribution in [0.4, 0.5) is 5.69 Å². The maximum absolute atomic E-state index is 11.9. The lowest BCUT2D eigenvalue weighted by atomic mass is 10.1. The zero-order valence-electron chi connectivity index (χ0n) is 10.6. The van der Waals surface area contributed by atoms with Gasteiger partial charge in [-0.25, -0.2) is 0 Å². The van der Waals surface area contributed by atoms with Gasteiger partial charge in [0.15, 0.2) is 0 Å². The first-order valence-electron chi connectivity index (χ1n) is 5.97. The summed E-state index contributed by atoms with van der Waals surface area (Å²) in [7, 11) is 0. The van der Waals surface area contributed by atoms with E-state index < -0.39 is 6.04 Å². The molecule has 5 heteroatoms. The Balaban J connectivity index is 2.72. The highest BCUT2D eigenvalue weighted by atomic mass is 79.9. The quantitative estimate of drug-likeness (QED) is 0.859. The Bertz CT molecular complexity index is 437. The minimum absolute atomic E-state index is 0.177. The van der Waals surface area contributed by atoms with Crippen molar-refractivity contribution in [1.82, 2.24) is 0 Å². The van der Waals surface area contributed by atoms with Crippen LogP contribution in [0.5, 0.6) is 0 Å². The second kappa shape index (κ2) is 7.12. The number of nitrogens with two attached hydrogens (primary N) is 1. The van der Waals surface area contributed by atoms with Gasteiger partial charge in [-0.3, -0.25) is 4.79 Å². The number of halogens is 2. The van der Waals surface area contributed by atoms with Gasteiger partial charge in [0.1, 0.15) is 0 Å². The van der Waals surface area contributed by atoms with Gasteiger partial charge in [0.2, 0.25) is 5.91 Å². The van der Waals surface area contributed by atoms with Gasteiger partial charge in [0.25, 0.3) is 0 Å². The Morgan fingerprint density at radius 3 is 2.83 bits per heavy atom. The molecule has 1 aromatic carbocycles. The van der Waals surface area contributed by atoms with Crippen LogP contribution in [0.3, 0.4) is 0 Å². The lowest BCUT2D eigenvalue weighted by Gasteiger charge is -2.13. The molecule has 0 spiro atoms. The molecule has 1 atom stereocenters. The van der Waals surface area contributed by atoms with Crippen molar-refractivity contribution in [2.75, 3.05) is 5.32 Å². The number of benzene rings is 1. The molecule has 0 radical (unpaired) electrons. The molecule has 0 aliphatic carbocycles. The molecule has 3 nitrogen and oxygen atoms in total. The summed E-state index contributed by atoms with van der Waals surface area (Å²) in [5, 5.41) is 3.41. The molecule has 1 aromatic rings. The Labute approximate surface area is 121 Å². The number of amides is 1. The van der Waals surface area contributed by atoms with E-state index in [0.717, 1.165) is 22.9 Å². The fourth-order valence-electron chi connectivity index (χ4n) is 1.52. The summed E-state index contributed by atoms with van der Waals surface area (Å²) in [6, 6.07) is 3.12. The summed E-state index contributed by atoms with van der Waals surface area (Å²) in [6.07, 6.45) is 2.67. The van der Waals surface area contributed by atoms with Crippen LogP contribution in [0.1, 0.15) is 31.7 Å². The first-order chi connectivity index (χ1) is 8.45. The van der Waals surface area contributed by atoms with Crippen LogP contribution in [0.2, 0.25) is 5.02 Å². The summed E-state index contributed by atoms with van der Waals surface area (Å²) >= 11 is 9.43. The maximum Gasteiger partial charge on any atom is 0.241 e. The highest BCUT2D eigenvalue weighted by molar-refractivity contribution is 9.10. The summed E-state index contributed by atoms with van der Waals surface area (Å²) in [6.45, 7) is 3.98. The molecule has 100 valence electrons. The van der Waals surface area contributed by atoms with E-state index in [2.05, 4.69) is 28.2 Å². The normalized spacial score (nSPS) is 12.3. The molecule has 0 saturated heterocycles. The van der Waals surface area contributed by atoms with Crippen molar-refractivity contribution >= 4 is 39.1 Å². The average Bonchev–Trinajstić information content (AvgIpc) is 2.32. The predicted molar refractivity (Wildman–Crippen MR) is 80.0 cm³/mol. The van der Waals surface area contributed by atoms with E-state index in [4.69, 9.17) is 17.3 Å². The molecule has 18 heavy (non-hydrogen) atoms. The minimum atomic E-state index is -0.475. The van der Waals surface area contributed by atoms with Crippen LogP contribution in [-0.2, 0) is 4.79 Å². The van der Waals surface area contributed by atoms with Gasteiger partial charge in [0.05, 0.1) is 11.7 Å². The summed E-state index contributed by atoms with van der Waals surface area (Å²) < 4.78 is 0.806. The molecule has 0 unspecified atom stereocenters. The first kappa shape index (κ1) is 15.5. The molecule has 1 rings (SSSR count). The Morgan fingerprint density at radius 1 is 1.56 bits per heavy atom. The third-order valence-corrected chi connectivity index (χ3v) is 3.77. The molecule has 0 bridgehead atoms. The zero-order chi connectivity index (χ0) is 13.7. The van der Waals surface area contributed by atoms with Crippen molar-refractivity contribution in [2.24, 2.45) is 5.73 Å². The second-order valence-electron chi connectivity index (χ2n) is 4.32. The number of carbonyl (C=O) groups excluding carboxylic acids is 1. The molecule has 0 aliphatic rings. The summed E-state index contributed by atoms with van der Waals surface area (Å²) in [5.74, 6) is -0.177. The van der Waals surface area contributed by atoms with E-state index in [0.29, 0.717) is 17.1 Å². The van der Waals surface area contributed by atoms with Gasteiger partial charge in [-0.1, -0.05) is 31.4 Å². The number of rotatable bonds is 5. The number of anilines is 1. The molecule has 0 aromatic heterocycles. The fourth-order valence-corrected chi connectivity index (χ4v) is 2.24. The van der Waals surface area contributed by atoms with E-state index in [-0.39, 0.29) is 5.91 Å². The highest BCUT2D eigenvalue weighted by Crippen LogP contribution is 2.29. The van der Waals surface area contributed by atoms with E-state index in [1.165, 1.54) is 0 Å². The number of nitrogens with one attached hydrogen (secondary N) is 1. The van der Waals surface area contributed by atoms with Crippen LogP contribution >= 0.6 is 27.5 Å². The van der Waals surface area contributed by atoms with Gasteiger partial charge >= 0.3 is 0 Å². The molecule has 0 heterocycles. The Morgan fingerprint density at radius 2 is 2.22 bits per heavy atom. The summed E-state index contributed by atoms with van der Waals surface area (Å²) in [5.41, 5.74) is 7.42. The smallest absolute Gasteiger partial charge is 0.241 e. The predicted octanol–water partition coefficient (Wildman–Crippen LogP) is 3.87. The monoisotopic (exact) mass is 332 g/mol. The average molecular weight is 334 g/mol. The van der Waals surface area contributed by atoms with E-state index in [9.17, 15) is 4.79 Å². The Kier molecular flexibility index (Phi) is 6.12. The van der Waals surface area contributed by atoms with Crippen LogP contribution in [0.25, 0.3) is 0 Å². The van der Waals surface area contributed by atoms with Gasteiger partial charge in [-0.05, 0) is 47.0 Å². The molecule has 3 N–H and O–H groups in total. The third kappa shape index (κ3) is 4.26. The maximum atomic E-state index is 11.9. The third-order valence-electron chi connectivity index (χ3n) is 2.71. The van der Waals surface area contributed by atoms with Gasteiger partial charge in [-0.15, -0.1) is 0 Å². The molecule has 0 aliphatic heterocycles. The van der Waals surface area contributed by atoms with Crippen molar-refractivity contribution in [3.8, 4) is 0 Å². The van der Waals surface area contributed by atoms with Crippen LogP contribution in [0, 0.1) is 6.92 Å². The Hall–Kier alpha value is -0.580. The minimum Gasteiger partial charge on any atom is -0.324 e.